The van der Waals surface area contributed by atoms with Gasteiger partial charge in [-0.15, -0.1) is 13.2 Å². The van der Waals surface area contributed by atoms with Crippen LogP contribution in [0.15, 0.2) is 23.4 Å². The van der Waals surface area contributed by atoms with E-state index in [9.17, 15) is 21.6 Å². The van der Waals surface area contributed by atoms with E-state index in [2.05, 4.69) is 9.72 Å². The average molecular weight is 262 g/mol. The van der Waals surface area contributed by atoms with E-state index in [0.29, 0.717) is 0 Å². The average Bonchev–Trinajstić information content (AvgIpc) is 1.99. The van der Waals surface area contributed by atoms with Gasteiger partial charge >= 0.3 is 6.36 Å². The van der Waals surface area contributed by atoms with E-state index in [1.807, 2.05) is 0 Å². The highest BCUT2D eigenvalue weighted by Crippen LogP contribution is 2.29. The van der Waals surface area contributed by atoms with Gasteiger partial charge in [-0.3, -0.25) is 0 Å². The van der Waals surface area contributed by atoms with Crippen molar-refractivity contribution in [3.05, 3.63) is 18.3 Å². The first kappa shape index (κ1) is 12.1. The molecule has 1 aromatic heterocycles. The van der Waals surface area contributed by atoms with E-state index in [4.69, 9.17) is 10.7 Å². The molecular weight excluding hydrogens is 259 g/mol. The Morgan fingerprint density at radius 2 is 2.00 bits per heavy atom. The maximum absolute atomic E-state index is 11.8. The number of ether oxygens (including phenoxy) is 1. The van der Waals surface area contributed by atoms with Crippen LogP contribution in [-0.2, 0) is 9.05 Å². The van der Waals surface area contributed by atoms with Crippen LogP contribution in [0.4, 0.5) is 13.2 Å². The van der Waals surface area contributed by atoms with Gasteiger partial charge in [-0.25, -0.2) is 13.4 Å². The van der Waals surface area contributed by atoms with E-state index in [-0.39, 0.29) is 0 Å². The molecule has 1 heterocycles. The van der Waals surface area contributed by atoms with Crippen LogP contribution >= 0.6 is 10.7 Å². The maximum Gasteiger partial charge on any atom is 0.573 e. The molecule has 0 bridgehead atoms. The number of nitrogens with zero attached hydrogens (tertiary/aromatic N) is 1. The lowest BCUT2D eigenvalue weighted by Crippen LogP contribution is -2.18. The summed E-state index contributed by atoms with van der Waals surface area (Å²) in [4.78, 5) is 3.19. The van der Waals surface area contributed by atoms with E-state index < -0.39 is 26.2 Å². The lowest BCUT2D eigenvalue weighted by Gasteiger charge is -2.09. The number of aromatic nitrogens is 1. The SMILES string of the molecule is O=S(=O)(Cl)c1ncccc1OC(F)(F)F. The molecule has 0 amide bonds. The third-order valence-electron chi connectivity index (χ3n) is 1.19. The fourth-order valence-electron chi connectivity index (χ4n) is 0.762. The third kappa shape index (κ3) is 3.56. The molecule has 0 spiro atoms. The van der Waals surface area contributed by atoms with Gasteiger partial charge in [0.15, 0.2) is 5.75 Å². The Balaban J connectivity index is 3.20. The fraction of sp³-hybridized carbons (Fsp3) is 0.167. The topological polar surface area (TPSA) is 56.3 Å². The van der Waals surface area contributed by atoms with Crippen molar-refractivity contribution in [2.24, 2.45) is 0 Å². The molecular formula is C6H3ClF3NO3S. The second-order valence-electron chi connectivity index (χ2n) is 2.29. The van der Waals surface area contributed by atoms with Crippen LogP contribution in [0.3, 0.4) is 0 Å². The summed E-state index contributed by atoms with van der Waals surface area (Å²) in [5, 5.41) is -0.969. The predicted octanol–water partition coefficient (Wildman–Crippen LogP) is 1.91. The number of rotatable bonds is 2. The van der Waals surface area contributed by atoms with Gasteiger partial charge < -0.3 is 4.74 Å². The van der Waals surface area contributed by atoms with Crippen molar-refractivity contribution in [2.45, 2.75) is 11.4 Å². The van der Waals surface area contributed by atoms with Crippen LogP contribution in [-0.4, -0.2) is 19.8 Å². The van der Waals surface area contributed by atoms with Crippen molar-refractivity contribution in [3.63, 3.8) is 0 Å². The number of pyridine rings is 1. The second-order valence-corrected chi connectivity index (χ2v) is 4.77. The molecule has 0 N–H and O–H groups in total. The van der Waals surface area contributed by atoms with Gasteiger partial charge in [0.1, 0.15) is 0 Å². The molecule has 0 radical (unpaired) electrons. The van der Waals surface area contributed by atoms with Gasteiger partial charge in [-0.1, -0.05) is 0 Å². The van der Waals surface area contributed by atoms with Gasteiger partial charge in [0.2, 0.25) is 5.03 Å². The van der Waals surface area contributed by atoms with E-state index in [1.165, 1.54) is 0 Å². The highest BCUT2D eigenvalue weighted by molar-refractivity contribution is 8.13. The highest BCUT2D eigenvalue weighted by atomic mass is 35.7. The number of halogens is 4. The number of hydrogen-bond acceptors (Lipinski definition) is 4. The molecule has 15 heavy (non-hydrogen) atoms. The lowest BCUT2D eigenvalue weighted by atomic mass is 10.5. The Morgan fingerprint density at radius 3 is 2.47 bits per heavy atom. The molecule has 0 saturated heterocycles. The fourth-order valence-corrected chi connectivity index (χ4v) is 1.65. The van der Waals surface area contributed by atoms with Crippen LogP contribution in [0.5, 0.6) is 5.75 Å². The summed E-state index contributed by atoms with van der Waals surface area (Å²) < 4.78 is 60.5. The van der Waals surface area contributed by atoms with Gasteiger partial charge in [-0.05, 0) is 12.1 Å². The Kier molecular flexibility index (Phi) is 3.10. The van der Waals surface area contributed by atoms with E-state index in [1.54, 1.807) is 0 Å². The van der Waals surface area contributed by atoms with Gasteiger partial charge in [0, 0.05) is 16.9 Å². The Morgan fingerprint density at radius 1 is 1.40 bits per heavy atom. The zero-order valence-corrected chi connectivity index (χ0v) is 8.40. The Hall–Kier alpha value is -1.02. The predicted molar refractivity (Wildman–Crippen MR) is 44.0 cm³/mol. The van der Waals surface area contributed by atoms with Crippen LogP contribution in [0, 0.1) is 0 Å². The summed E-state index contributed by atoms with van der Waals surface area (Å²) in [5.74, 6) is -0.958. The summed E-state index contributed by atoms with van der Waals surface area (Å²) in [6.45, 7) is 0. The molecule has 1 rings (SSSR count). The maximum atomic E-state index is 11.8. The second kappa shape index (κ2) is 3.86. The van der Waals surface area contributed by atoms with Gasteiger partial charge in [-0.2, -0.15) is 0 Å². The van der Waals surface area contributed by atoms with Crippen molar-refractivity contribution in [1.29, 1.82) is 0 Å². The normalized spacial score (nSPS) is 12.5. The molecule has 0 aliphatic heterocycles. The van der Waals surface area contributed by atoms with Crippen LogP contribution in [0.1, 0.15) is 0 Å². The lowest BCUT2D eigenvalue weighted by molar-refractivity contribution is -0.275. The smallest absolute Gasteiger partial charge is 0.403 e. The summed E-state index contributed by atoms with van der Waals surface area (Å²) in [6, 6.07) is 1.89. The number of alkyl halides is 3. The third-order valence-corrected chi connectivity index (χ3v) is 2.40. The van der Waals surface area contributed by atoms with E-state index >= 15 is 0 Å². The molecule has 0 aliphatic carbocycles. The van der Waals surface area contributed by atoms with Crippen LogP contribution in [0.2, 0.25) is 0 Å². The zero-order valence-electron chi connectivity index (χ0n) is 6.82. The minimum absolute atomic E-state index is 0.801. The van der Waals surface area contributed by atoms with E-state index in [0.717, 1.165) is 18.3 Å². The zero-order chi connectivity index (χ0) is 11.7. The number of hydrogen-bond donors (Lipinski definition) is 0. The molecule has 84 valence electrons. The summed E-state index contributed by atoms with van der Waals surface area (Å²) in [5.41, 5.74) is 0. The van der Waals surface area contributed by atoms with Crippen molar-refractivity contribution >= 4 is 19.7 Å². The molecule has 0 aromatic carbocycles. The standard InChI is InChI=1S/C6H3ClF3NO3S/c7-15(12,13)5-4(2-1-3-11-5)14-6(8,9)10/h1-3H. The van der Waals surface area contributed by atoms with Gasteiger partial charge in [0.05, 0.1) is 0 Å². The highest BCUT2D eigenvalue weighted by Gasteiger charge is 2.34. The monoisotopic (exact) mass is 261 g/mol. The summed E-state index contributed by atoms with van der Waals surface area (Å²) >= 11 is 0. The Labute approximate surface area is 87.1 Å². The van der Waals surface area contributed by atoms with Gasteiger partial charge in [0.25, 0.3) is 9.05 Å². The molecule has 0 aliphatic rings. The molecule has 0 unspecified atom stereocenters. The minimum atomic E-state index is -5.00. The molecule has 0 saturated carbocycles. The van der Waals surface area contributed by atoms with Crippen molar-refractivity contribution < 1.29 is 26.3 Å². The first-order valence-corrected chi connectivity index (χ1v) is 5.66. The largest absolute Gasteiger partial charge is 0.573 e. The van der Waals surface area contributed by atoms with Crippen molar-refractivity contribution in [1.82, 2.24) is 4.98 Å². The van der Waals surface area contributed by atoms with Crippen molar-refractivity contribution in [3.8, 4) is 5.75 Å². The summed E-state index contributed by atoms with van der Waals surface area (Å²) in [6.07, 6.45) is -4.02. The van der Waals surface area contributed by atoms with Crippen molar-refractivity contribution in [2.75, 3.05) is 0 Å². The molecule has 0 fully saturated rings. The Bertz CT molecular complexity index is 459. The summed E-state index contributed by atoms with van der Waals surface area (Å²) in [7, 11) is 0.485. The molecule has 9 heteroatoms. The minimum Gasteiger partial charge on any atom is -0.403 e. The van der Waals surface area contributed by atoms with Crippen LogP contribution < -0.4 is 4.74 Å². The quantitative estimate of drug-likeness (QED) is 0.763. The molecule has 0 atom stereocenters. The first-order chi connectivity index (χ1) is 6.70. The first-order valence-electron chi connectivity index (χ1n) is 3.35. The molecule has 4 nitrogen and oxygen atoms in total. The molecule has 1 aromatic rings. The van der Waals surface area contributed by atoms with Crippen LogP contribution in [0.25, 0.3) is 0 Å².